The molecule has 3 saturated heterocycles. The summed E-state index contributed by atoms with van der Waals surface area (Å²) < 4.78 is 55.3. The van der Waals surface area contributed by atoms with Crippen LogP contribution < -0.4 is 0 Å². The van der Waals surface area contributed by atoms with Gasteiger partial charge in [-0.3, -0.25) is 4.79 Å². The minimum Gasteiger partial charge on any atom is -0.459 e. The van der Waals surface area contributed by atoms with Crippen molar-refractivity contribution in [1.82, 2.24) is 24.8 Å². The topological polar surface area (TPSA) is 170 Å². The Bertz CT molecular complexity index is 2110. The van der Waals surface area contributed by atoms with Gasteiger partial charge in [0.05, 0.1) is 47.2 Å². The number of ether oxygens (including phenoxy) is 6. The van der Waals surface area contributed by atoms with Gasteiger partial charge in [0.25, 0.3) is 0 Å². The number of likely N-dealkylation sites (N-methyl/N-ethyl adjacent to an activating group) is 2. The molecule has 3 aliphatic rings. The van der Waals surface area contributed by atoms with Crippen LogP contribution in [0.1, 0.15) is 137 Å². The number of aliphatic hydroxyl groups excluding tert-OH is 1. The lowest BCUT2D eigenvalue weighted by Crippen LogP contribution is -2.59. The van der Waals surface area contributed by atoms with Gasteiger partial charge >= 0.3 is 5.97 Å². The summed E-state index contributed by atoms with van der Waals surface area (Å²) in [4.78, 5) is 18.9. The highest BCUT2D eigenvalue weighted by molar-refractivity contribution is 6.83. The van der Waals surface area contributed by atoms with Crippen LogP contribution in [0, 0.1) is 35.1 Å². The van der Waals surface area contributed by atoms with Crippen LogP contribution in [0.25, 0.3) is 0 Å². The van der Waals surface area contributed by atoms with E-state index in [1.807, 2.05) is 84.7 Å². The number of cyclic esters (lactones) is 1. The monoisotopic (exact) mass is 1040 g/mol. The van der Waals surface area contributed by atoms with Gasteiger partial charge in [0, 0.05) is 82.8 Å². The molecule has 0 radical (unpaired) electrons. The van der Waals surface area contributed by atoms with Gasteiger partial charge < -0.3 is 53.5 Å². The Labute approximate surface area is 438 Å². The maximum absolute atomic E-state index is 14.9. The van der Waals surface area contributed by atoms with E-state index in [0.717, 1.165) is 23.2 Å². The van der Waals surface area contributed by atoms with Crippen molar-refractivity contribution in [2.24, 2.45) is 23.7 Å². The Morgan fingerprint density at radius 2 is 1.66 bits per heavy atom. The predicted molar refractivity (Wildman–Crippen MR) is 284 cm³/mol. The number of carbonyl (C=O) groups excluding carboxylic acids is 1. The summed E-state index contributed by atoms with van der Waals surface area (Å²) >= 11 is 0. The van der Waals surface area contributed by atoms with E-state index in [9.17, 15) is 24.5 Å². The molecule has 15 nitrogen and oxygen atoms in total. The molecule has 17 heteroatoms. The highest BCUT2D eigenvalue weighted by atomic mass is 28.3. The number of methoxy groups -OCH3 is 2. The molecule has 1 unspecified atom stereocenters. The fraction of sp³-hybridized carbons (Fsp3) is 0.804. The maximum Gasteiger partial charge on any atom is 0.309 e. The van der Waals surface area contributed by atoms with Crippen LogP contribution in [0.15, 0.2) is 30.5 Å². The van der Waals surface area contributed by atoms with E-state index in [4.69, 9.17) is 28.4 Å². The fourth-order valence-electron chi connectivity index (χ4n) is 12.1. The molecule has 0 aliphatic carbocycles. The van der Waals surface area contributed by atoms with Crippen molar-refractivity contribution in [1.29, 1.82) is 0 Å². The minimum absolute atomic E-state index is 0.0371. The predicted octanol–water partition coefficient (Wildman–Crippen LogP) is 7.56. The summed E-state index contributed by atoms with van der Waals surface area (Å²) in [7, 11) is 5.71. The maximum atomic E-state index is 14.9. The Morgan fingerprint density at radius 1 is 0.986 bits per heavy atom. The lowest BCUT2D eigenvalue weighted by atomic mass is 9.69. The summed E-state index contributed by atoms with van der Waals surface area (Å²) in [5, 5.41) is 45.4. The first-order valence-corrected chi connectivity index (χ1v) is 30.4. The number of hydrogen-bond donors (Lipinski definition) is 3. The summed E-state index contributed by atoms with van der Waals surface area (Å²) in [6.45, 7) is 26.1. The molecule has 2 aromatic rings. The van der Waals surface area contributed by atoms with Crippen LogP contribution in [0.5, 0.6) is 0 Å². The normalized spacial score (nSPS) is 37.6. The van der Waals surface area contributed by atoms with Gasteiger partial charge in [-0.2, -0.15) is 0 Å². The molecule has 3 fully saturated rings. The molecule has 0 spiro atoms. The first-order chi connectivity index (χ1) is 34.1. The number of carbonyl (C=O) groups is 1. The van der Waals surface area contributed by atoms with E-state index >= 15 is 0 Å². The minimum atomic E-state index is -1.76. The third kappa shape index (κ3) is 15.6. The van der Waals surface area contributed by atoms with Crippen LogP contribution in [-0.2, 0) is 39.6 Å². The molecule has 3 N–H and O–H groups in total. The van der Waals surface area contributed by atoms with Crippen LogP contribution in [0.2, 0.25) is 19.6 Å². The zero-order valence-corrected chi connectivity index (χ0v) is 48.4. The lowest BCUT2D eigenvalue weighted by molar-refractivity contribution is -0.271. The van der Waals surface area contributed by atoms with E-state index in [-0.39, 0.29) is 30.6 Å². The lowest BCUT2D eigenvalue weighted by Gasteiger charge is -2.50. The van der Waals surface area contributed by atoms with Gasteiger partial charge in [-0.15, -0.1) is 10.6 Å². The molecule has 0 bridgehead atoms. The Kier molecular flexibility index (Phi) is 21.3. The average molecular weight is 1040 g/mol. The third-order valence-electron chi connectivity index (χ3n) is 16.3. The van der Waals surface area contributed by atoms with Crippen molar-refractivity contribution in [3.63, 3.8) is 0 Å². The smallest absolute Gasteiger partial charge is 0.309 e. The van der Waals surface area contributed by atoms with Gasteiger partial charge in [0.2, 0.25) is 0 Å². The highest BCUT2D eigenvalue weighted by Crippen LogP contribution is 2.45. The van der Waals surface area contributed by atoms with Crippen molar-refractivity contribution in [2.75, 3.05) is 48.1 Å². The second kappa shape index (κ2) is 25.5. The fourth-order valence-corrected chi connectivity index (χ4v) is 12.6. The molecule has 0 amide bonds. The van der Waals surface area contributed by atoms with Gasteiger partial charge in [0.1, 0.15) is 44.7 Å². The van der Waals surface area contributed by atoms with Crippen molar-refractivity contribution in [3.05, 3.63) is 47.3 Å². The molecule has 4 heterocycles. The van der Waals surface area contributed by atoms with Crippen LogP contribution >= 0.6 is 0 Å². The summed E-state index contributed by atoms with van der Waals surface area (Å²) in [6.07, 6.45) is 0.138. The number of rotatable bonds is 14. The van der Waals surface area contributed by atoms with E-state index < -0.39 is 104 Å². The molecule has 1 aromatic heterocycles. The molecule has 5 rings (SSSR count). The molecular weight excluding hydrogens is 950 g/mol. The van der Waals surface area contributed by atoms with Crippen LogP contribution in [0.4, 0.5) is 4.39 Å². The molecule has 0 saturated carbocycles. The number of hydrogen-bond acceptors (Lipinski definition) is 14. The van der Waals surface area contributed by atoms with Gasteiger partial charge in [0.15, 0.2) is 6.29 Å². The first kappa shape index (κ1) is 61.0. The second-order valence-electron chi connectivity index (χ2n) is 24.1. The number of aromatic nitrogens is 3. The van der Waals surface area contributed by atoms with E-state index in [2.05, 4.69) is 67.2 Å². The van der Waals surface area contributed by atoms with Crippen molar-refractivity contribution in [2.45, 2.75) is 218 Å². The van der Waals surface area contributed by atoms with E-state index in [1.54, 1.807) is 25.1 Å². The number of halogens is 1. The molecule has 73 heavy (non-hydrogen) atoms. The molecular formula is C56H94FN5O10Si. The summed E-state index contributed by atoms with van der Waals surface area (Å²) in [5.41, 5.74) is 2.12. The second-order valence-corrected chi connectivity index (χ2v) is 28.9. The largest absolute Gasteiger partial charge is 0.459 e. The van der Waals surface area contributed by atoms with Crippen molar-refractivity contribution < 1.29 is 52.9 Å². The molecule has 414 valence electrons. The zero-order chi connectivity index (χ0) is 54.4. The standard InChI is InChI=1S/C56H94FN5O10Si/c1-18-47-56(10,66)51(63)40(7)61(12)33-35(2)29-55(9,65)52(38(5)49(39(6)53(64)71-47)46-31-54(8,68-14)30-37(4)69-46)72-48-28-44(27-36(3)70-48)60(11)25-23-43-34-62(59-58-43)45(32-57)50(67-13)42-21-19-41(20-22-42)24-26-73(15,16)17/h19-22,34-40,44-52,63,65-66H,18,23,25,27-33H2,1-17H3/t35-,36-,37+,38+,39-,40-,44+,45-,46-,47-,48+,49?,50-,51-,52-,54+,55-,56-/m1/s1. The van der Waals surface area contributed by atoms with Gasteiger partial charge in [-0.25, -0.2) is 9.07 Å². The van der Waals surface area contributed by atoms with Crippen molar-refractivity contribution >= 4 is 14.0 Å². The SMILES string of the molecule is CC[C@H]1OC(=O)[C@H](C)C([C@H]2C[C@@](C)(OC)C[C@H](C)O2)[C@H](C)[C@@H](O[C@H]2C[C@@H](N(C)CCc3cn([C@H](CF)[C@H](OC)c4ccc(C#C[Si](C)(C)C)cc4)nn3)C[C@@H](C)O2)[C@](C)(O)C[C@@H](C)CN(C)[C@H](C)[C@@H](O)[C@]1(C)O. The molecule has 1 aromatic carbocycles. The third-order valence-corrected chi connectivity index (χ3v) is 17.2. The van der Waals surface area contributed by atoms with Crippen molar-refractivity contribution in [3.8, 4) is 11.5 Å². The average Bonchev–Trinajstić information content (AvgIpc) is 3.79. The molecule has 18 atom stereocenters. The first-order valence-electron chi connectivity index (χ1n) is 26.9. The summed E-state index contributed by atoms with van der Waals surface area (Å²) in [6, 6.07) is 6.59. The quantitative estimate of drug-likeness (QED) is 0.0963. The number of benzene rings is 1. The number of nitrogens with zero attached hydrogens (tertiary/aromatic N) is 5. The zero-order valence-electron chi connectivity index (χ0n) is 47.4. The number of aliphatic hydroxyl groups is 3. The van der Waals surface area contributed by atoms with Gasteiger partial charge in [-0.1, -0.05) is 70.6 Å². The Morgan fingerprint density at radius 3 is 2.26 bits per heavy atom. The number of esters is 1. The summed E-state index contributed by atoms with van der Waals surface area (Å²) in [5.74, 6) is 0.838. The highest BCUT2D eigenvalue weighted by Gasteiger charge is 2.53. The Hall–Kier alpha value is -2.86. The van der Waals surface area contributed by atoms with Crippen LogP contribution in [-0.4, -0.2) is 174 Å². The Balaban J connectivity index is 1.40. The van der Waals surface area contributed by atoms with Gasteiger partial charge in [-0.05, 0) is 104 Å². The molecule has 3 aliphatic heterocycles. The van der Waals surface area contributed by atoms with E-state index in [1.165, 1.54) is 6.92 Å². The number of alkyl halides is 1. The van der Waals surface area contributed by atoms with E-state index in [0.29, 0.717) is 45.2 Å². The van der Waals surface area contributed by atoms with Crippen LogP contribution in [0.3, 0.4) is 0 Å².